The van der Waals surface area contributed by atoms with Crippen LogP contribution in [0.15, 0.2) is 54.6 Å². The molecular formula is C23H29ClN2O2. The maximum Gasteiger partial charge on any atom is 0.247 e. The number of hydrogen-bond donors (Lipinski definition) is 1. The maximum absolute atomic E-state index is 13.1. The fraction of sp³-hybridized carbons (Fsp3) is 0.391. The topological polar surface area (TPSA) is 49.4 Å². The van der Waals surface area contributed by atoms with Gasteiger partial charge in [-0.25, -0.2) is 0 Å². The molecule has 2 rings (SSSR count). The highest BCUT2D eigenvalue weighted by Gasteiger charge is 2.32. The molecule has 1 atom stereocenters. The van der Waals surface area contributed by atoms with Gasteiger partial charge < -0.3 is 10.2 Å². The van der Waals surface area contributed by atoms with Crippen LogP contribution in [0.25, 0.3) is 0 Å². The minimum Gasteiger partial charge on any atom is -0.354 e. The lowest BCUT2D eigenvalue weighted by atomic mass is 10.0. The Bertz CT molecular complexity index is 760. The van der Waals surface area contributed by atoms with Gasteiger partial charge in [-0.2, -0.15) is 0 Å². The number of nitrogens with zero attached hydrogens (tertiary/aromatic N) is 1. The zero-order valence-electron chi connectivity index (χ0n) is 16.8. The zero-order chi connectivity index (χ0) is 20.5. The Balaban J connectivity index is 2.39. The van der Waals surface area contributed by atoms with Crippen molar-refractivity contribution in [1.29, 1.82) is 0 Å². The number of halogens is 1. The summed E-state index contributed by atoms with van der Waals surface area (Å²) in [4.78, 5) is 27.9. The van der Waals surface area contributed by atoms with E-state index in [1.165, 1.54) is 0 Å². The monoisotopic (exact) mass is 400 g/mol. The zero-order valence-corrected chi connectivity index (χ0v) is 17.6. The molecule has 5 heteroatoms. The minimum atomic E-state index is -0.677. The number of nitrogens with one attached hydrogen (secondary N) is 1. The molecule has 0 saturated heterocycles. The molecule has 0 aliphatic carbocycles. The first-order valence-corrected chi connectivity index (χ1v) is 10.2. The van der Waals surface area contributed by atoms with E-state index in [2.05, 4.69) is 12.2 Å². The molecule has 0 bridgehead atoms. The van der Waals surface area contributed by atoms with Crippen LogP contribution in [0.5, 0.6) is 0 Å². The van der Waals surface area contributed by atoms with Gasteiger partial charge in [-0.1, -0.05) is 81.3 Å². The SMILES string of the molecule is CCCCNC(=O)C(c1ccccc1)N(Cc1ccc(Cl)cc1)C(=O)C(C)C. The van der Waals surface area contributed by atoms with Crippen molar-refractivity contribution in [3.05, 3.63) is 70.7 Å². The van der Waals surface area contributed by atoms with Crippen molar-refractivity contribution in [3.63, 3.8) is 0 Å². The van der Waals surface area contributed by atoms with E-state index in [-0.39, 0.29) is 17.7 Å². The highest BCUT2D eigenvalue weighted by Crippen LogP contribution is 2.26. The van der Waals surface area contributed by atoms with Crippen LogP contribution in [0.3, 0.4) is 0 Å². The lowest BCUT2D eigenvalue weighted by molar-refractivity contribution is -0.144. The highest BCUT2D eigenvalue weighted by molar-refractivity contribution is 6.30. The van der Waals surface area contributed by atoms with E-state index in [1.807, 2.05) is 56.3 Å². The smallest absolute Gasteiger partial charge is 0.247 e. The fourth-order valence-electron chi connectivity index (χ4n) is 3.01. The predicted molar refractivity (Wildman–Crippen MR) is 114 cm³/mol. The van der Waals surface area contributed by atoms with Gasteiger partial charge >= 0.3 is 0 Å². The van der Waals surface area contributed by atoms with E-state index >= 15 is 0 Å². The van der Waals surface area contributed by atoms with Crippen LogP contribution < -0.4 is 5.32 Å². The molecule has 150 valence electrons. The first-order valence-electron chi connectivity index (χ1n) is 9.81. The summed E-state index contributed by atoms with van der Waals surface area (Å²) in [7, 11) is 0. The minimum absolute atomic E-state index is 0.0607. The van der Waals surface area contributed by atoms with Crippen molar-refractivity contribution < 1.29 is 9.59 Å². The van der Waals surface area contributed by atoms with Gasteiger partial charge in [-0.15, -0.1) is 0 Å². The Kier molecular flexibility index (Phi) is 8.52. The van der Waals surface area contributed by atoms with Gasteiger partial charge in [0.25, 0.3) is 0 Å². The number of carbonyl (C=O) groups excluding carboxylic acids is 2. The van der Waals surface area contributed by atoms with Crippen molar-refractivity contribution in [2.75, 3.05) is 6.54 Å². The molecule has 28 heavy (non-hydrogen) atoms. The largest absolute Gasteiger partial charge is 0.354 e. The molecule has 0 heterocycles. The lowest BCUT2D eigenvalue weighted by Gasteiger charge is -2.33. The first-order chi connectivity index (χ1) is 13.4. The molecule has 0 spiro atoms. The standard InChI is InChI=1S/C23H29ClN2O2/c1-4-5-15-25-22(27)21(19-9-7-6-8-10-19)26(23(28)17(2)3)16-18-11-13-20(24)14-12-18/h6-14,17,21H,4-5,15-16H2,1-3H3,(H,25,27). The predicted octanol–water partition coefficient (Wildman–Crippen LogP) is 4.98. The van der Waals surface area contributed by atoms with Gasteiger partial charge in [-0.3, -0.25) is 9.59 Å². The van der Waals surface area contributed by atoms with E-state index in [9.17, 15) is 9.59 Å². The van der Waals surface area contributed by atoms with Gasteiger partial charge in [0.05, 0.1) is 0 Å². The van der Waals surface area contributed by atoms with Crippen LogP contribution in [-0.4, -0.2) is 23.3 Å². The number of benzene rings is 2. The molecule has 0 radical (unpaired) electrons. The highest BCUT2D eigenvalue weighted by atomic mass is 35.5. The second kappa shape index (κ2) is 10.9. The molecule has 0 aliphatic rings. The quantitative estimate of drug-likeness (QED) is 0.603. The summed E-state index contributed by atoms with van der Waals surface area (Å²) in [5, 5.41) is 3.64. The molecular weight excluding hydrogens is 372 g/mol. The summed E-state index contributed by atoms with van der Waals surface area (Å²) in [6, 6.07) is 16.2. The number of rotatable bonds is 9. The lowest BCUT2D eigenvalue weighted by Crippen LogP contribution is -2.45. The van der Waals surface area contributed by atoms with E-state index < -0.39 is 6.04 Å². The molecule has 4 nitrogen and oxygen atoms in total. The van der Waals surface area contributed by atoms with Crippen LogP contribution in [0, 0.1) is 5.92 Å². The summed E-state index contributed by atoms with van der Waals surface area (Å²) in [6.45, 7) is 6.73. The Morgan fingerprint density at radius 2 is 1.68 bits per heavy atom. The molecule has 0 saturated carbocycles. The third kappa shape index (κ3) is 6.10. The van der Waals surface area contributed by atoms with E-state index in [0.29, 0.717) is 18.1 Å². The van der Waals surface area contributed by atoms with Gasteiger partial charge in [0, 0.05) is 24.0 Å². The molecule has 1 unspecified atom stereocenters. The fourth-order valence-corrected chi connectivity index (χ4v) is 3.13. The summed E-state index contributed by atoms with van der Waals surface area (Å²) in [5.41, 5.74) is 1.74. The van der Waals surface area contributed by atoms with Crippen molar-refractivity contribution in [2.24, 2.45) is 5.92 Å². The van der Waals surface area contributed by atoms with E-state index in [4.69, 9.17) is 11.6 Å². The van der Waals surface area contributed by atoms with Gasteiger partial charge in [0.1, 0.15) is 6.04 Å². The Morgan fingerprint density at radius 3 is 2.25 bits per heavy atom. The van der Waals surface area contributed by atoms with Crippen LogP contribution in [-0.2, 0) is 16.1 Å². The van der Waals surface area contributed by atoms with Gasteiger partial charge in [0.2, 0.25) is 11.8 Å². The normalized spacial score (nSPS) is 11.9. The summed E-state index contributed by atoms with van der Waals surface area (Å²) in [6.07, 6.45) is 1.90. The second-order valence-corrected chi connectivity index (χ2v) is 7.64. The first kappa shape index (κ1) is 22.0. The van der Waals surface area contributed by atoms with E-state index in [1.54, 1.807) is 17.0 Å². The molecule has 2 aromatic carbocycles. The Morgan fingerprint density at radius 1 is 1.04 bits per heavy atom. The van der Waals surface area contributed by atoms with Crippen molar-refractivity contribution in [2.45, 2.75) is 46.2 Å². The third-order valence-electron chi connectivity index (χ3n) is 4.55. The van der Waals surface area contributed by atoms with Crippen molar-refractivity contribution in [1.82, 2.24) is 10.2 Å². The summed E-state index contributed by atoms with van der Waals surface area (Å²) < 4.78 is 0. The molecule has 1 N–H and O–H groups in total. The molecule has 2 aromatic rings. The van der Waals surface area contributed by atoms with E-state index in [0.717, 1.165) is 24.0 Å². The van der Waals surface area contributed by atoms with Gasteiger partial charge in [0.15, 0.2) is 0 Å². The summed E-state index contributed by atoms with van der Waals surface area (Å²) >= 11 is 6.00. The number of amides is 2. The molecule has 0 aromatic heterocycles. The third-order valence-corrected chi connectivity index (χ3v) is 4.80. The van der Waals surface area contributed by atoms with Gasteiger partial charge in [-0.05, 0) is 29.7 Å². The molecule has 0 fully saturated rings. The van der Waals surface area contributed by atoms with Crippen LogP contribution in [0.4, 0.5) is 0 Å². The second-order valence-electron chi connectivity index (χ2n) is 7.21. The van der Waals surface area contributed by atoms with Crippen molar-refractivity contribution >= 4 is 23.4 Å². The van der Waals surface area contributed by atoms with Crippen LogP contribution >= 0.6 is 11.6 Å². The average Bonchev–Trinajstić information content (AvgIpc) is 2.69. The molecule has 2 amide bonds. The average molecular weight is 401 g/mol. The summed E-state index contributed by atoms with van der Waals surface area (Å²) in [5.74, 6) is -0.431. The Labute approximate surface area is 172 Å². The maximum atomic E-state index is 13.1. The Hall–Kier alpha value is -2.33. The van der Waals surface area contributed by atoms with Crippen LogP contribution in [0.2, 0.25) is 5.02 Å². The van der Waals surface area contributed by atoms with Crippen LogP contribution in [0.1, 0.15) is 50.8 Å². The number of hydrogen-bond acceptors (Lipinski definition) is 2. The number of carbonyl (C=O) groups is 2. The molecule has 0 aliphatic heterocycles. The number of unbranched alkanes of at least 4 members (excludes halogenated alkanes) is 1. The van der Waals surface area contributed by atoms with Crippen molar-refractivity contribution in [3.8, 4) is 0 Å².